The largest absolute Gasteiger partial charge is 0.497 e. The summed E-state index contributed by atoms with van der Waals surface area (Å²) in [4.78, 5) is 14.3. The van der Waals surface area contributed by atoms with Crippen molar-refractivity contribution < 1.29 is 9.53 Å². The zero-order valence-corrected chi connectivity index (χ0v) is 15.1. The zero-order valence-electron chi connectivity index (χ0n) is 15.1. The van der Waals surface area contributed by atoms with Crippen LogP contribution in [0.4, 0.5) is 0 Å². The van der Waals surface area contributed by atoms with E-state index in [-0.39, 0.29) is 11.5 Å². The molecule has 0 atom stereocenters. The maximum absolute atomic E-state index is 12.3. The summed E-state index contributed by atoms with van der Waals surface area (Å²) in [5.74, 6) is 0.381. The highest BCUT2D eigenvalue weighted by Crippen LogP contribution is 2.11. The van der Waals surface area contributed by atoms with Crippen LogP contribution >= 0.6 is 0 Å². The molecule has 2 aromatic carbocycles. The summed E-state index contributed by atoms with van der Waals surface area (Å²) in [5, 5.41) is 12.1. The molecule has 2 rings (SSSR count). The molecule has 0 radical (unpaired) electrons. The lowest BCUT2D eigenvalue weighted by Gasteiger charge is -2.19. The molecule has 5 heteroatoms. The highest BCUT2D eigenvalue weighted by atomic mass is 16.5. The Kier molecular flexibility index (Phi) is 7.26. The minimum Gasteiger partial charge on any atom is -0.497 e. The second kappa shape index (κ2) is 9.90. The van der Waals surface area contributed by atoms with E-state index in [0.29, 0.717) is 19.6 Å². The van der Waals surface area contributed by atoms with Crippen LogP contribution < -0.4 is 10.1 Å². The van der Waals surface area contributed by atoms with Crippen LogP contribution in [0.25, 0.3) is 0 Å². The van der Waals surface area contributed by atoms with E-state index in [1.807, 2.05) is 72.5 Å². The number of carbonyl (C=O) groups is 1. The Balaban J connectivity index is 1.99. The molecule has 0 aliphatic carbocycles. The first-order valence-corrected chi connectivity index (χ1v) is 8.47. The minimum absolute atomic E-state index is 0.0938. The van der Waals surface area contributed by atoms with Crippen molar-refractivity contribution in [2.24, 2.45) is 0 Å². The monoisotopic (exact) mass is 349 g/mol. The normalized spacial score (nSPS) is 10.7. The second-order valence-electron chi connectivity index (χ2n) is 5.73. The highest BCUT2D eigenvalue weighted by Gasteiger charge is 2.11. The van der Waals surface area contributed by atoms with E-state index in [1.165, 1.54) is 0 Å². The fourth-order valence-electron chi connectivity index (χ4n) is 2.41. The van der Waals surface area contributed by atoms with Crippen molar-refractivity contribution >= 4 is 5.91 Å². The van der Waals surface area contributed by atoms with Crippen LogP contribution in [-0.4, -0.2) is 24.5 Å². The van der Waals surface area contributed by atoms with Gasteiger partial charge < -0.3 is 15.0 Å². The number of ether oxygens (including phenoxy) is 1. The summed E-state index contributed by atoms with van der Waals surface area (Å²) in [7, 11) is 1.61. The molecule has 0 saturated carbocycles. The molecule has 0 fully saturated rings. The number of nitrogens with zero attached hydrogens (tertiary/aromatic N) is 2. The Morgan fingerprint density at radius 2 is 1.85 bits per heavy atom. The summed E-state index contributed by atoms with van der Waals surface area (Å²) in [6, 6.07) is 19.4. The number of amides is 1. The van der Waals surface area contributed by atoms with Gasteiger partial charge in [-0.2, -0.15) is 5.26 Å². The molecule has 0 aliphatic heterocycles. The molecule has 0 heterocycles. The zero-order chi connectivity index (χ0) is 18.8. The first-order chi connectivity index (χ1) is 12.7. The minimum atomic E-state index is -0.380. The van der Waals surface area contributed by atoms with Crippen molar-refractivity contribution in [2.45, 2.75) is 20.0 Å². The lowest BCUT2D eigenvalue weighted by Crippen LogP contribution is -2.26. The Bertz CT molecular complexity index is 777. The average Bonchev–Trinajstić information content (AvgIpc) is 2.70. The van der Waals surface area contributed by atoms with Gasteiger partial charge in [0.25, 0.3) is 5.91 Å². The fraction of sp³-hybridized carbons (Fsp3) is 0.238. The lowest BCUT2D eigenvalue weighted by molar-refractivity contribution is -0.117. The summed E-state index contributed by atoms with van der Waals surface area (Å²) >= 11 is 0. The predicted octanol–water partition coefficient (Wildman–Crippen LogP) is 3.24. The van der Waals surface area contributed by atoms with Crippen LogP contribution in [0, 0.1) is 11.3 Å². The molecular weight excluding hydrogens is 326 g/mol. The van der Waals surface area contributed by atoms with Gasteiger partial charge in [-0.05, 0) is 30.2 Å². The SMILES string of the molecule is CCN(/C=C(/C#N)C(=O)NCc1ccc(OC)cc1)Cc1ccccc1. The molecule has 0 unspecified atom stereocenters. The number of hydrogen-bond donors (Lipinski definition) is 1. The van der Waals surface area contributed by atoms with Gasteiger partial charge in [-0.15, -0.1) is 0 Å². The van der Waals surface area contributed by atoms with Crippen molar-refractivity contribution in [3.63, 3.8) is 0 Å². The third-order valence-corrected chi connectivity index (χ3v) is 3.92. The summed E-state index contributed by atoms with van der Waals surface area (Å²) < 4.78 is 5.11. The number of rotatable bonds is 8. The number of benzene rings is 2. The Hall–Kier alpha value is -3.26. The van der Waals surface area contributed by atoms with Crippen LogP contribution in [0.5, 0.6) is 5.75 Å². The maximum Gasteiger partial charge on any atom is 0.263 e. The molecule has 0 aromatic heterocycles. The summed E-state index contributed by atoms with van der Waals surface area (Å²) in [5.41, 5.74) is 2.16. The van der Waals surface area contributed by atoms with E-state index in [2.05, 4.69) is 5.32 Å². The van der Waals surface area contributed by atoms with Crippen LogP contribution in [0.1, 0.15) is 18.1 Å². The molecule has 0 spiro atoms. The third kappa shape index (κ3) is 5.67. The van der Waals surface area contributed by atoms with Crippen molar-refractivity contribution in [2.75, 3.05) is 13.7 Å². The summed E-state index contributed by atoms with van der Waals surface area (Å²) in [6.07, 6.45) is 1.62. The highest BCUT2D eigenvalue weighted by molar-refractivity contribution is 5.97. The topological polar surface area (TPSA) is 65.4 Å². The summed E-state index contributed by atoms with van der Waals surface area (Å²) in [6.45, 7) is 3.69. The molecule has 2 aromatic rings. The fourth-order valence-corrected chi connectivity index (χ4v) is 2.41. The first-order valence-electron chi connectivity index (χ1n) is 8.47. The van der Waals surface area contributed by atoms with E-state index in [9.17, 15) is 10.1 Å². The average molecular weight is 349 g/mol. The number of hydrogen-bond acceptors (Lipinski definition) is 4. The number of nitrogens with one attached hydrogen (secondary N) is 1. The van der Waals surface area contributed by atoms with E-state index in [4.69, 9.17) is 4.74 Å². The van der Waals surface area contributed by atoms with Crippen LogP contribution in [0.3, 0.4) is 0 Å². The van der Waals surface area contributed by atoms with Gasteiger partial charge in [0.2, 0.25) is 0 Å². The van der Waals surface area contributed by atoms with E-state index >= 15 is 0 Å². The van der Waals surface area contributed by atoms with Crippen LogP contribution in [0.2, 0.25) is 0 Å². The van der Waals surface area contributed by atoms with E-state index in [0.717, 1.165) is 16.9 Å². The Morgan fingerprint density at radius 1 is 1.15 bits per heavy atom. The van der Waals surface area contributed by atoms with Gasteiger partial charge in [-0.3, -0.25) is 4.79 Å². The van der Waals surface area contributed by atoms with Crippen molar-refractivity contribution in [3.05, 3.63) is 77.5 Å². The number of carbonyl (C=O) groups excluding carboxylic acids is 1. The maximum atomic E-state index is 12.3. The van der Waals surface area contributed by atoms with Gasteiger partial charge in [-0.1, -0.05) is 42.5 Å². The van der Waals surface area contributed by atoms with Crippen LogP contribution in [0.15, 0.2) is 66.4 Å². The molecule has 26 heavy (non-hydrogen) atoms. The molecular formula is C21H23N3O2. The molecule has 1 amide bonds. The molecule has 0 saturated heterocycles. The van der Waals surface area contributed by atoms with Crippen LogP contribution in [-0.2, 0) is 17.9 Å². The van der Waals surface area contributed by atoms with Gasteiger partial charge in [-0.25, -0.2) is 0 Å². The molecule has 0 bridgehead atoms. The van der Waals surface area contributed by atoms with E-state index < -0.39 is 0 Å². The number of methoxy groups -OCH3 is 1. The van der Waals surface area contributed by atoms with Crippen molar-refractivity contribution in [3.8, 4) is 11.8 Å². The molecule has 0 aliphatic rings. The van der Waals surface area contributed by atoms with Crippen molar-refractivity contribution in [1.29, 1.82) is 5.26 Å². The first kappa shape index (κ1) is 19.1. The molecule has 5 nitrogen and oxygen atoms in total. The Morgan fingerprint density at radius 3 is 2.42 bits per heavy atom. The van der Waals surface area contributed by atoms with Gasteiger partial charge in [0.1, 0.15) is 17.4 Å². The second-order valence-corrected chi connectivity index (χ2v) is 5.73. The molecule has 1 N–H and O–H groups in total. The quantitative estimate of drug-likeness (QED) is 0.587. The Labute approximate surface area is 154 Å². The van der Waals surface area contributed by atoms with Gasteiger partial charge >= 0.3 is 0 Å². The number of nitriles is 1. The predicted molar refractivity (Wildman–Crippen MR) is 101 cm³/mol. The molecule has 134 valence electrons. The third-order valence-electron chi connectivity index (χ3n) is 3.92. The standard InChI is InChI=1S/C21H23N3O2/c1-3-24(15-18-7-5-4-6-8-18)16-19(13-22)21(25)23-14-17-9-11-20(26-2)12-10-17/h4-12,16H,3,14-15H2,1-2H3,(H,23,25)/b19-16-. The van der Waals surface area contributed by atoms with E-state index in [1.54, 1.807) is 13.3 Å². The smallest absolute Gasteiger partial charge is 0.263 e. The van der Waals surface area contributed by atoms with Gasteiger partial charge in [0.15, 0.2) is 0 Å². The lowest BCUT2D eigenvalue weighted by atomic mass is 10.2. The van der Waals surface area contributed by atoms with Crippen molar-refractivity contribution in [1.82, 2.24) is 10.2 Å². The van der Waals surface area contributed by atoms with Gasteiger partial charge in [0, 0.05) is 25.8 Å². The van der Waals surface area contributed by atoms with Gasteiger partial charge in [0.05, 0.1) is 7.11 Å².